The molecule has 4 aromatic rings. The summed E-state index contributed by atoms with van der Waals surface area (Å²) in [4.78, 5) is 9.35. The first-order chi connectivity index (χ1) is 19.9. The Hall–Kier alpha value is -3.55. The summed E-state index contributed by atoms with van der Waals surface area (Å²) < 4.78 is 7.68. The Morgan fingerprint density at radius 3 is 2.37 bits per heavy atom. The molecule has 0 unspecified atom stereocenters. The molecular formula is C33H36ClN5OS. The number of hydrogen-bond donors (Lipinski definition) is 1. The van der Waals surface area contributed by atoms with Gasteiger partial charge in [0.15, 0.2) is 5.11 Å². The number of nitrogens with one attached hydrogen (secondary N) is 1. The van der Waals surface area contributed by atoms with Crippen molar-refractivity contribution in [2.24, 2.45) is 5.92 Å². The molecule has 2 saturated heterocycles. The zero-order valence-electron chi connectivity index (χ0n) is 24.0. The van der Waals surface area contributed by atoms with Gasteiger partial charge < -0.3 is 24.4 Å². The number of halogens is 1. The Balaban J connectivity index is 1.42. The van der Waals surface area contributed by atoms with Crippen molar-refractivity contribution in [3.05, 3.63) is 101 Å². The molecule has 212 valence electrons. The van der Waals surface area contributed by atoms with Gasteiger partial charge in [-0.15, -0.1) is 0 Å². The highest BCUT2D eigenvalue weighted by Crippen LogP contribution is 2.45. The summed E-state index contributed by atoms with van der Waals surface area (Å²) in [5.41, 5.74) is 7.58. The minimum Gasteiger partial charge on any atom is -0.497 e. The minimum absolute atomic E-state index is 0.117. The Labute approximate surface area is 252 Å². The van der Waals surface area contributed by atoms with Gasteiger partial charge in [-0.2, -0.15) is 0 Å². The lowest BCUT2D eigenvalue weighted by Gasteiger charge is -2.33. The molecule has 2 fully saturated rings. The number of piperidine rings is 1. The summed E-state index contributed by atoms with van der Waals surface area (Å²) in [5, 5.41) is 5.01. The fourth-order valence-corrected chi connectivity index (χ4v) is 6.96. The third kappa shape index (κ3) is 5.17. The van der Waals surface area contributed by atoms with E-state index >= 15 is 0 Å². The molecule has 1 N–H and O–H groups in total. The van der Waals surface area contributed by atoms with Crippen LogP contribution in [0.15, 0.2) is 72.9 Å². The third-order valence-electron chi connectivity index (χ3n) is 8.55. The highest BCUT2D eigenvalue weighted by Gasteiger charge is 2.42. The van der Waals surface area contributed by atoms with Crippen molar-refractivity contribution in [1.29, 1.82) is 0 Å². The van der Waals surface area contributed by atoms with E-state index in [1.54, 1.807) is 7.11 Å². The molecule has 0 spiro atoms. The SMILES string of the molecule is COc1ccc(-n2c(C)cc([C@@H]3[C@H](c4ccccn4)NC(=S)N3c3ccc(N4CCC(C)CC4)c(Cl)c3)c2C)cc1. The summed E-state index contributed by atoms with van der Waals surface area (Å²) in [5.74, 6) is 1.60. The lowest BCUT2D eigenvalue weighted by molar-refractivity contribution is 0.414. The molecule has 0 bridgehead atoms. The standard InChI is InChI=1S/C33H36ClN5OS/c1-21-14-17-37(18-15-21)30-13-10-25(20-28(30)34)39-32(31(36-33(39)41)29-7-5-6-16-35-29)27-19-22(2)38(23(27)3)24-8-11-26(40-4)12-9-24/h5-13,16,19-21,31-32H,14-15,17-18H2,1-4H3,(H,36,41)/t31-,32+/m0/s1. The normalized spacial score (nSPS) is 19.5. The van der Waals surface area contributed by atoms with Gasteiger partial charge in [0, 0.05) is 42.0 Å². The van der Waals surface area contributed by atoms with Crippen LogP contribution in [-0.4, -0.2) is 34.9 Å². The summed E-state index contributed by atoms with van der Waals surface area (Å²) in [6.07, 6.45) is 4.22. The maximum atomic E-state index is 6.98. The quantitative estimate of drug-likeness (QED) is 0.236. The number of hydrogen-bond acceptors (Lipinski definition) is 4. The van der Waals surface area contributed by atoms with Crippen LogP contribution in [0.25, 0.3) is 5.69 Å². The first kappa shape index (κ1) is 27.6. The molecule has 0 radical (unpaired) electrons. The molecule has 0 aliphatic carbocycles. The molecular weight excluding hydrogens is 550 g/mol. The van der Waals surface area contributed by atoms with Crippen molar-refractivity contribution < 1.29 is 4.74 Å². The van der Waals surface area contributed by atoms with Gasteiger partial charge in [-0.1, -0.05) is 24.6 Å². The lowest BCUT2D eigenvalue weighted by Crippen LogP contribution is -2.33. The molecule has 2 aliphatic heterocycles. The maximum Gasteiger partial charge on any atom is 0.174 e. The Bertz CT molecular complexity index is 1550. The number of thiocarbonyl (C=S) groups is 1. The number of methoxy groups -OCH3 is 1. The van der Waals surface area contributed by atoms with Crippen molar-refractivity contribution >= 4 is 40.3 Å². The fraction of sp³-hybridized carbons (Fsp3) is 0.333. The Morgan fingerprint density at radius 2 is 1.71 bits per heavy atom. The van der Waals surface area contributed by atoms with Gasteiger partial charge in [-0.05, 0) is 111 Å². The van der Waals surface area contributed by atoms with Crippen LogP contribution in [0.1, 0.15) is 54.5 Å². The topological polar surface area (TPSA) is 45.6 Å². The molecule has 2 aromatic heterocycles. The van der Waals surface area contributed by atoms with E-state index < -0.39 is 0 Å². The maximum absolute atomic E-state index is 6.98. The molecule has 4 heterocycles. The second-order valence-corrected chi connectivity index (χ2v) is 12.0. The van der Waals surface area contributed by atoms with Crippen LogP contribution in [0.5, 0.6) is 5.75 Å². The fourth-order valence-electron chi connectivity index (χ4n) is 6.32. The number of rotatable bonds is 6. The van der Waals surface area contributed by atoms with E-state index in [1.165, 1.54) is 18.4 Å². The highest BCUT2D eigenvalue weighted by atomic mass is 35.5. The highest BCUT2D eigenvalue weighted by molar-refractivity contribution is 7.80. The number of aryl methyl sites for hydroxylation is 1. The van der Waals surface area contributed by atoms with Crippen molar-refractivity contribution in [2.75, 3.05) is 30.0 Å². The zero-order chi connectivity index (χ0) is 28.7. The lowest BCUT2D eigenvalue weighted by atomic mass is 9.96. The molecule has 2 atom stereocenters. The monoisotopic (exact) mass is 585 g/mol. The summed E-state index contributed by atoms with van der Waals surface area (Å²) in [6.45, 7) is 8.71. The van der Waals surface area contributed by atoms with E-state index in [0.717, 1.165) is 63.9 Å². The average Bonchev–Trinajstić information content (AvgIpc) is 3.48. The van der Waals surface area contributed by atoms with Gasteiger partial charge in [-0.3, -0.25) is 4.98 Å². The molecule has 41 heavy (non-hydrogen) atoms. The number of aromatic nitrogens is 2. The van der Waals surface area contributed by atoms with Crippen LogP contribution in [-0.2, 0) is 0 Å². The van der Waals surface area contributed by atoms with E-state index in [2.05, 4.69) is 82.9 Å². The van der Waals surface area contributed by atoms with Crippen LogP contribution in [0.3, 0.4) is 0 Å². The second kappa shape index (κ2) is 11.4. The van der Waals surface area contributed by atoms with Crippen molar-refractivity contribution in [3.8, 4) is 11.4 Å². The molecule has 6 nitrogen and oxygen atoms in total. The van der Waals surface area contributed by atoms with Crippen molar-refractivity contribution in [2.45, 2.75) is 45.7 Å². The average molecular weight is 586 g/mol. The van der Waals surface area contributed by atoms with Crippen molar-refractivity contribution in [1.82, 2.24) is 14.9 Å². The first-order valence-electron chi connectivity index (χ1n) is 14.2. The van der Waals surface area contributed by atoms with Gasteiger partial charge in [0.2, 0.25) is 0 Å². The molecule has 2 aliphatic rings. The van der Waals surface area contributed by atoms with E-state index in [0.29, 0.717) is 5.11 Å². The molecule has 0 amide bonds. The Kier molecular flexibility index (Phi) is 7.66. The van der Waals surface area contributed by atoms with Gasteiger partial charge in [-0.25, -0.2) is 0 Å². The number of ether oxygens (including phenoxy) is 1. The summed E-state index contributed by atoms with van der Waals surface area (Å²) in [6, 6.07) is 22.6. The molecule has 8 heteroatoms. The minimum atomic E-state index is -0.129. The van der Waals surface area contributed by atoms with E-state index in [9.17, 15) is 0 Å². The van der Waals surface area contributed by atoms with Crippen LogP contribution in [0.2, 0.25) is 5.02 Å². The molecule has 6 rings (SSSR count). The predicted octanol–water partition coefficient (Wildman–Crippen LogP) is 7.56. The second-order valence-electron chi connectivity index (χ2n) is 11.2. The predicted molar refractivity (Wildman–Crippen MR) is 172 cm³/mol. The van der Waals surface area contributed by atoms with Crippen molar-refractivity contribution in [3.63, 3.8) is 0 Å². The third-order valence-corrected chi connectivity index (χ3v) is 9.17. The Morgan fingerprint density at radius 1 is 0.976 bits per heavy atom. The van der Waals surface area contributed by atoms with E-state index in [4.69, 9.17) is 33.5 Å². The van der Waals surface area contributed by atoms with Crippen LogP contribution < -0.4 is 19.9 Å². The smallest absolute Gasteiger partial charge is 0.174 e. The molecule has 0 saturated carbocycles. The van der Waals surface area contributed by atoms with Crippen LogP contribution in [0.4, 0.5) is 11.4 Å². The summed E-state index contributed by atoms with van der Waals surface area (Å²) >= 11 is 13.0. The number of nitrogens with zero attached hydrogens (tertiary/aromatic N) is 4. The van der Waals surface area contributed by atoms with Crippen LogP contribution >= 0.6 is 23.8 Å². The van der Waals surface area contributed by atoms with Gasteiger partial charge in [0.1, 0.15) is 5.75 Å². The van der Waals surface area contributed by atoms with Crippen LogP contribution in [0, 0.1) is 19.8 Å². The first-order valence-corrected chi connectivity index (χ1v) is 15.0. The zero-order valence-corrected chi connectivity index (χ0v) is 25.5. The van der Waals surface area contributed by atoms with E-state index in [1.807, 2.05) is 30.5 Å². The van der Waals surface area contributed by atoms with Gasteiger partial charge in [0.05, 0.1) is 35.6 Å². The number of pyridine rings is 1. The number of anilines is 2. The summed E-state index contributed by atoms with van der Waals surface area (Å²) in [7, 11) is 1.69. The number of benzene rings is 2. The van der Waals surface area contributed by atoms with Gasteiger partial charge in [0.25, 0.3) is 0 Å². The molecule has 2 aromatic carbocycles. The van der Waals surface area contributed by atoms with E-state index in [-0.39, 0.29) is 12.1 Å². The largest absolute Gasteiger partial charge is 0.497 e. The van der Waals surface area contributed by atoms with Gasteiger partial charge >= 0.3 is 0 Å².